The second-order valence-electron chi connectivity index (χ2n) is 8.25. The molecule has 1 aliphatic carbocycles. The Labute approximate surface area is 175 Å². The van der Waals surface area contributed by atoms with Gasteiger partial charge in [0.1, 0.15) is 5.82 Å². The normalized spacial score (nSPS) is 22.8. The fraction of sp³-hybridized carbons (Fsp3) is 0.571. The van der Waals surface area contributed by atoms with Crippen molar-refractivity contribution in [2.24, 2.45) is 5.92 Å². The molecule has 1 aromatic heterocycles. The number of aryl methyl sites for hydroxylation is 1. The number of rotatable bonds is 4. The molecule has 2 atom stereocenters. The fourth-order valence-electron chi connectivity index (χ4n) is 4.42. The number of halogens is 2. The summed E-state index contributed by atoms with van der Waals surface area (Å²) in [5.41, 5.74) is 1.58. The van der Waals surface area contributed by atoms with Gasteiger partial charge in [-0.15, -0.1) is 0 Å². The highest BCUT2D eigenvalue weighted by Gasteiger charge is 2.38. The van der Waals surface area contributed by atoms with Crippen LogP contribution in [0.2, 0.25) is 5.02 Å². The maximum absolute atomic E-state index is 13.7. The van der Waals surface area contributed by atoms with Gasteiger partial charge < -0.3 is 10.2 Å². The summed E-state index contributed by atoms with van der Waals surface area (Å²) in [4.78, 5) is 19.1. The number of carbonyl (C=O) groups is 1. The quantitative estimate of drug-likeness (QED) is 0.729. The first-order valence-electron chi connectivity index (χ1n) is 10.4. The van der Waals surface area contributed by atoms with Gasteiger partial charge in [0.25, 0.3) is 0 Å². The van der Waals surface area contributed by atoms with E-state index in [0.717, 1.165) is 24.2 Å². The number of benzene rings is 1. The minimum absolute atomic E-state index is 0.177. The number of carbonyl (C=O) groups excluding carboxylic acids is 1. The number of nitrogens with one attached hydrogen (secondary N) is 2. The summed E-state index contributed by atoms with van der Waals surface area (Å²) in [5, 5.41) is 10.8. The molecule has 1 aromatic carbocycles. The maximum atomic E-state index is 13.7. The predicted octanol–water partition coefficient (Wildman–Crippen LogP) is 5.03. The van der Waals surface area contributed by atoms with Crippen molar-refractivity contribution in [3.63, 3.8) is 0 Å². The first kappa shape index (κ1) is 20.1. The van der Waals surface area contributed by atoms with Gasteiger partial charge in [0.2, 0.25) is 0 Å². The molecule has 0 spiro atoms. The topological polar surface area (TPSA) is 73.9 Å². The van der Waals surface area contributed by atoms with Crippen LogP contribution >= 0.6 is 11.6 Å². The van der Waals surface area contributed by atoms with Crippen molar-refractivity contribution in [3.8, 4) is 0 Å². The van der Waals surface area contributed by atoms with E-state index in [1.54, 1.807) is 17.0 Å². The van der Waals surface area contributed by atoms with E-state index in [-0.39, 0.29) is 17.9 Å². The third-order valence-electron chi connectivity index (χ3n) is 6.13. The summed E-state index contributed by atoms with van der Waals surface area (Å²) in [6.07, 6.45) is 5.91. The van der Waals surface area contributed by atoms with E-state index in [2.05, 4.69) is 15.5 Å². The van der Waals surface area contributed by atoms with E-state index >= 15 is 0 Å². The molecule has 1 saturated heterocycles. The maximum Gasteiger partial charge on any atom is 0.321 e. The lowest BCUT2D eigenvalue weighted by molar-refractivity contribution is 0.219. The summed E-state index contributed by atoms with van der Waals surface area (Å²) in [6, 6.07) is 5.20. The largest absolute Gasteiger partial charge is 0.323 e. The van der Waals surface area contributed by atoms with Gasteiger partial charge in [-0.1, -0.05) is 36.9 Å². The number of nitrogens with zero attached hydrogens (tertiary/aromatic N) is 3. The molecule has 2 heterocycles. The molecule has 0 bridgehead atoms. The molecule has 8 heteroatoms. The molecule has 1 aliphatic heterocycles. The van der Waals surface area contributed by atoms with Crippen LogP contribution in [-0.4, -0.2) is 45.9 Å². The van der Waals surface area contributed by atoms with Crippen molar-refractivity contribution in [2.75, 3.05) is 25.1 Å². The summed E-state index contributed by atoms with van der Waals surface area (Å²) < 4.78 is 13.7. The number of aromatic nitrogens is 3. The molecule has 0 radical (unpaired) electrons. The van der Waals surface area contributed by atoms with Gasteiger partial charge in [-0.05, 0) is 37.5 Å². The van der Waals surface area contributed by atoms with E-state index in [1.807, 2.05) is 13.0 Å². The number of likely N-dealkylation sites (tertiary alicyclic amines) is 1. The molecule has 156 valence electrons. The van der Waals surface area contributed by atoms with Crippen molar-refractivity contribution in [3.05, 3.63) is 40.4 Å². The Kier molecular flexibility index (Phi) is 6.04. The number of alkyl halides is 1. The van der Waals surface area contributed by atoms with Crippen LogP contribution in [0.1, 0.15) is 61.2 Å². The van der Waals surface area contributed by atoms with Crippen LogP contribution in [0.4, 0.5) is 14.9 Å². The van der Waals surface area contributed by atoms with Crippen LogP contribution in [0.5, 0.6) is 0 Å². The Hall–Kier alpha value is -2.15. The van der Waals surface area contributed by atoms with Gasteiger partial charge in [0.05, 0.1) is 17.4 Å². The second kappa shape index (κ2) is 8.69. The average molecular weight is 420 g/mol. The van der Waals surface area contributed by atoms with Crippen LogP contribution < -0.4 is 5.32 Å². The van der Waals surface area contributed by atoms with Gasteiger partial charge in [-0.3, -0.25) is 9.49 Å². The molecular formula is C21H27ClFN5O. The van der Waals surface area contributed by atoms with Crippen molar-refractivity contribution in [1.29, 1.82) is 0 Å². The van der Waals surface area contributed by atoms with E-state index in [4.69, 9.17) is 16.6 Å². The zero-order valence-corrected chi connectivity index (χ0v) is 17.4. The molecular weight excluding hydrogens is 393 g/mol. The minimum atomic E-state index is -0.501. The lowest BCUT2D eigenvalue weighted by Crippen LogP contribution is -2.33. The SMILES string of the molecule is Cc1ccc(NC(=O)N2CC(CF)C(c3nc(C4CCCCC4)n[nH]3)C2)c(Cl)c1. The van der Waals surface area contributed by atoms with Gasteiger partial charge in [-0.2, -0.15) is 5.10 Å². The number of hydrogen-bond donors (Lipinski definition) is 2. The van der Waals surface area contributed by atoms with E-state index in [9.17, 15) is 9.18 Å². The third-order valence-corrected chi connectivity index (χ3v) is 6.45. The zero-order valence-electron chi connectivity index (χ0n) is 16.6. The number of H-pyrrole nitrogens is 1. The minimum Gasteiger partial charge on any atom is -0.323 e. The standard InChI is InChI=1S/C21H27ClFN5O/c1-13-7-8-18(17(22)9-13)24-21(29)28-11-15(10-23)16(12-28)20-25-19(26-27-20)14-5-3-2-4-6-14/h7-9,14-16H,2-6,10-12H2,1H3,(H,24,29)(H,25,26,27). The number of urea groups is 1. The molecule has 1 saturated carbocycles. The molecule has 29 heavy (non-hydrogen) atoms. The number of hydrogen-bond acceptors (Lipinski definition) is 3. The lowest BCUT2D eigenvalue weighted by atomic mass is 9.89. The van der Waals surface area contributed by atoms with Crippen LogP contribution in [0.3, 0.4) is 0 Å². The average Bonchev–Trinajstić information content (AvgIpc) is 3.37. The Morgan fingerprint density at radius 2 is 2.10 bits per heavy atom. The molecule has 2 N–H and O–H groups in total. The van der Waals surface area contributed by atoms with Crippen molar-refractivity contribution < 1.29 is 9.18 Å². The lowest BCUT2D eigenvalue weighted by Gasteiger charge is -2.18. The molecule has 6 nitrogen and oxygen atoms in total. The number of amides is 2. The second-order valence-corrected chi connectivity index (χ2v) is 8.66. The van der Waals surface area contributed by atoms with Gasteiger partial charge >= 0.3 is 6.03 Å². The number of aromatic amines is 1. The van der Waals surface area contributed by atoms with Crippen LogP contribution in [-0.2, 0) is 0 Å². The summed E-state index contributed by atoms with van der Waals surface area (Å²) in [6.45, 7) is 2.19. The molecule has 2 amide bonds. The molecule has 2 unspecified atom stereocenters. The Bertz CT molecular complexity index is 867. The molecule has 2 aromatic rings. The predicted molar refractivity (Wildman–Crippen MR) is 111 cm³/mol. The van der Waals surface area contributed by atoms with Gasteiger partial charge in [0.15, 0.2) is 5.82 Å². The van der Waals surface area contributed by atoms with Crippen LogP contribution in [0.15, 0.2) is 18.2 Å². The highest BCUT2D eigenvalue weighted by molar-refractivity contribution is 6.33. The summed E-state index contributed by atoms with van der Waals surface area (Å²) in [5.74, 6) is 1.45. The van der Waals surface area contributed by atoms with Gasteiger partial charge in [0, 0.05) is 30.8 Å². The van der Waals surface area contributed by atoms with E-state index in [1.165, 1.54) is 19.3 Å². The van der Waals surface area contributed by atoms with Crippen LogP contribution in [0, 0.1) is 12.8 Å². The van der Waals surface area contributed by atoms with E-state index < -0.39 is 6.67 Å². The Morgan fingerprint density at radius 3 is 2.83 bits per heavy atom. The first-order valence-corrected chi connectivity index (χ1v) is 10.7. The van der Waals surface area contributed by atoms with E-state index in [0.29, 0.717) is 35.5 Å². The van der Waals surface area contributed by atoms with Gasteiger partial charge in [-0.25, -0.2) is 9.78 Å². The fourth-order valence-corrected chi connectivity index (χ4v) is 4.70. The smallest absolute Gasteiger partial charge is 0.321 e. The highest BCUT2D eigenvalue weighted by Crippen LogP contribution is 2.35. The third kappa shape index (κ3) is 4.39. The van der Waals surface area contributed by atoms with Crippen molar-refractivity contribution in [2.45, 2.75) is 50.9 Å². The number of anilines is 1. The van der Waals surface area contributed by atoms with Crippen molar-refractivity contribution in [1.82, 2.24) is 20.1 Å². The summed E-state index contributed by atoms with van der Waals surface area (Å²) >= 11 is 6.22. The highest BCUT2D eigenvalue weighted by atomic mass is 35.5. The summed E-state index contributed by atoms with van der Waals surface area (Å²) in [7, 11) is 0. The molecule has 2 fully saturated rings. The molecule has 2 aliphatic rings. The van der Waals surface area contributed by atoms with Crippen molar-refractivity contribution >= 4 is 23.3 Å². The molecule has 4 rings (SSSR count). The monoisotopic (exact) mass is 419 g/mol. The first-order chi connectivity index (χ1) is 14.0. The Balaban J connectivity index is 1.44. The van der Waals surface area contributed by atoms with Crippen LogP contribution in [0.25, 0.3) is 0 Å². The Morgan fingerprint density at radius 1 is 1.31 bits per heavy atom. The zero-order chi connectivity index (χ0) is 20.4.